The summed E-state index contributed by atoms with van der Waals surface area (Å²) in [6, 6.07) is 16.8. The number of esters is 1. The van der Waals surface area contributed by atoms with Gasteiger partial charge in [0.1, 0.15) is 10.7 Å². The number of nitrogens with one attached hydrogen (secondary N) is 1. The maximum Gasteiger partial charge on any atom is 0.331 e. The number of thiazole rings is 1. The third-order valence-electron chi connectivity index (χ3n) is 5.14. The highest BCUT2D eigenvalue weighted by molar-refractivity contribution is 7.19. The predicted octanol–water partition coefficient (Wildman–Crippen LogP) is 3.68. The molecule has 0 bridgehead atoms. The molecule has 0 spiro atoms. The number of fused-ring (bicyclic) bond motifs is 1. The summed E-state index contributed by atoms with van der Waals surface area (Å²) in [6.45, 7) is 3.18. The van der Waals surface area contributed by atoms with E-state index in [2.05, 4.69) is 10.3 Å². The van der Waals surface area contributed by atoms with Crippen molar-refractivity contribution in [2.75, 3.05) is 5.32 Å². The zero-order valence-electron chi connectivity index (χ0n) is 18.3. The quantitative estimate of drug-likeness (QED) is 0.348. The van der Waals surface area contributed by atoms with Crippen LogP contribution in [0, 0.1) is 6.92 Å². The van der Waals surface area contributed by atoms with Crippen molar-refractivity contribution >= 4 is 45.2 Å². The number of hydrogen-bond donors (Lipinski definition) is 1. The number of benzene rings is 2. The van der Waals surface area contributed by atoms with Gasteiger partial charge in [0.25, 0.3) is 11.5 Å². The van der Waals surface area contributed by atoms with Gasteiger partial charge >= 0.3 is 5.97 Å². The van der Waals surface area contributed by atoms with Crippen molar-refractivity contribution in [3.8, 4) is 5.69 Å². The Kier molecular flexibility index (Phi) is 6.23. The second-order valence-electron chi connectivity index (χ2n) is 7.36. The lowest BCUT2D eigenvalue weighted by Crippen LogP contribution is -2.31. The molecule has 2 aromatic heterocycles. The number of nitrogens with zero attached hydrogens (tertiary/aromatic N) is 3. The van der Waals surface area contributed by atoms with Crippen molar-refractivity contribution in [2.45, 2.75) is 20.0 Å². The summed E-state index contributed by atoms with van der Waals surface area (Å²) in [7, 11) is 1.73. The maximum atomic E-state index is 12.9. The summed E-state index contributed by atoms with van der Waals surface area (Å²) in [5.41, 5.74) is 1.87. The van der Waals surface area contributed by atoms with Crippen LogP contribution in [0.1, 0.15) is 17.6 Å². The van der Waals surface area contributed by atoms with Gasteiger partial charge in [0.15, 0.2) is 6.10 Å². The molecule has 2 heterocycles. The Morgan fingerprint density at radius 2 is 1.82 bits per heavy atom. The molecule has 1 atom stereocenters. The zero-order valence-corrected chi connectivity index (χ0v) is 19.1. The van der Waals surface area contributed by atoms with Crippen LogP contribution < -0.4 is 10.9 Å². The molecular formula is C24H22N4O4S. The molecule has 0 aliphatic heterocycles. The molecule has 4 aromatic rings. The fourth-order valence-electron chi connectivity index (χ4n) is 3.30. The summed E-state index contributed by atoms with van der Waals surface area (Å²) in [5, 5.41) is 3.26. The Balaban J connectivity index is 1.43. The van der Waals surface area contributed by atoms with Crippen molar-refractivity contribution in [2.24, 2.45) is 7.05 Å². The Hall–Kier alpha value is -3.98. The van der Waals surface area contributed by atoms with Crippen LogP contribution in [0.5, 0.6) is 0 Å². The molecule has 0 saturated heterocycles. The van der Waals surface area contributed by atoms with Gasteiger partial charge in [0, 0.05) is 13.1 Å². The van der Waals surface area contributed by atoms with E-state index in [1.54, 1.807) is 36.9 Å². The van der Waals surface area contributed by atoms with Gasteiger partial charge in [-0.1, -0.05) is 30.3 Å². The molecular weight excluding hydrogens is 440 g/mol. The van der Waals surface area contributed by atoms with Crippen LogP contribution in [0.4, 0.5) is 5.69 Å². The zero-order chi connectivity index (χ0) is 23.5. The van der Waals surface area contributed by atoms with Crippen LogP contribution in [0.2, 0.25) is 0 Å². The van der Waals surface area contributed by atoms with E-state index in [0.29, 0.717) is 16.4 Å². The van der Waals surface area contributed by atoms with Gasteiger partial charge in [0.2, 0.25) is 0 Å². The predicted molar refractivity (Wildman–Crippen MR) is 129 cm³/mol. The van der Waals surface area contributed by atoms with Gasteiger partial charge in [-0.05, 0) is 44.2 Å². The Morgan fingerprint density at radius 1 is 1.12 bits per heavy atom. The molecule has 2 aromatic carbocycles. The summed E-state index contributed by atoms with van der Waals surface area (Å²) in [6.07, 6.45) is 1.69. The smallest absolute Gasteiger partial charge is 0.331 e. The highest BCUT2D eigenvalue weighted by Gasteiger charge is 2.22. The first-order valence-electron chi connectivity index (χ1n) is 10.2. The van der Waals surface area contributed by atoms with Gasteiger partial charge in [-0.15, -0.1) is 11.3 Å². The van der Waals surface area contributed by atoms with E-state index in [1.165, 1.54) is 29.0 Å². The third-order valence-corrected chi connectivity index (χ3v) is 6.14. The van der Waals surface area contributed by atoms with Gasteiger partial charge in [0.05, 0.1) is 21.6 Å². The van der Waals surface area contributed by atoms with Gasteiger partial charge < -0.3 is 10.1 Å². The molecule has 33 heavy (non-hydrogen) atoms. The number of anilines is 1. The molecule has 8 nitrogen and oxygen atoms in total. The minimum Gasteiger partial charge on any atom is -0.449 e. The number of carbonyl (C=O) groups is 2. The van der Waals surface area contributed by atoms with Crippen LogP contribution in [0.15, 0.2) is 65.5 Å². The number of aromatic nitrogens is 3. The van der Waals surface area contributed by atoms with Gasteiger partial charge in [-0.25, -0.2) is 14.5 Å². The van der Waals surface area contributed by atoms with E-state index < -0.39 is 18.0 Å². The van der Waals surface area contributed by atoms with E-state index in [4.69, 9.17) is 4.74 Å². The molecule has 1 amide bonds. The summed E-state index contributed by atoms with van der Waals surface area (Å²) in [5.74, 6) is -1.27. The second kappa shape index (κ2) is 9.25. The van der Waals surface area contributed by atoms with Crippen molar-refractivity contribution in [1.29, 1.82) is 0 Å². The molecule has 0 radical (unpaired) electrons. The molecule has 0 saturated carbocycles. The Labute approximate surface area is 193 Å². The largest absolute Gasteiger partial charge is 0.449 e. The van der Waals surface area contributed by atoms with Crippen LogP contribution in [0.25, 0.3) is 22.0 Å². The van der Waals surface area contributed by atoms with E-state index in [9.17, 15) is 14.4 Å². The summed E-state index contributed by atoms with van der Waals surface area (Å²) < 4.78 is 9.33. The van der Waals surface area contributed by atoms with Gasteiger partial charge in [-0.2, -0.15) is 0 Å². The molecule has 168 valence electrons. The minimum absolute atomic E-state index is 0.138. The molecule has 0 aliphatic carbocycles. The van der Waals surface area contributed by atoms with Crippen LogP contribution >= 0.6 is 11.3 Å². The molecule has 4 rings (SSSR count). The maximum absolute atomic E-state index is 12.9. The molecule has 0 aliphatic rings. The Bertz CT molecular complexity index is 1380. The van der Waals surface area contributed by atoms with E-state index >= 15 is 0 Å². The number of amides is 1. The van der Waals surface area contributed by atoms with Crippen molar-refractivity contribution in [3.05, 3.63) is 81.7 Å². The average molecular weight is 463 g/mol. The van der Waals surface area contributed by atoms with Crippen molar-refractivity contribution < 1.29 is 14.3 Å². The van der Waals surface area contributed by atoms with Crippen LogP contribution in [-0.4, -0.2) is 32.3 Å². The van der Waals surface area contributed by atoms with Crippen molar-refractivity contribution in [3.63, 3.8) is 0 Å². The fraction of sp³-hybridized carbons (Fsp3) is 0.167. The third kappa shape index (κ3) is 4.63. The van der Waals surface area contributed by atoms with E-state index in [-0.39, 0.29) is 11.2 Å². The lowest BCUT2D eigenvalue weighted by molar-refractivity contribution is -0.148. The molecule has 9 heteroatoms. The lowest BCUT2D eigenvalue weighted by Gasteiger charge is -2.11. The molecule has 0 unspecified atom stereocenters. The lowest BCUT2D eigenvalue weighted by atomic mass is 10.3. The average Bonchev–Trinajstić information content (AvgIpc) is 3.32. The van der Waals surface area contributed by atoms with E-state index in [1.807, 2.05) is 42.5 Å². The highest BCUT2D eigenvalue weighted by Crippen LogP contribution is 2.22. The monoisotopic (exact) mass is 462 g/mol. The minimum atomic E-state index is -1.10. The topological polar surface area (TPSA) is 95.2 Å². The Morgan fingerprint density at radius 3 is 2.55 bits per heavy atom. The SMILES string of the molecule is Cc1c(NC(=O)[C@H](C)OC(=O)/C=C/c2nc3ccccc3s2)c(=O)n(-c2ccccc2)n1C. The van der Waals surface area contributed by atoms with Crippen molar-refractivity contribution in [1.82, 2.24) is 14.3 Å². The highest BCUT2D eigenvalue weighted by atomic mass is 32.1. The molecule has 1 N–H and O–H groups in total. The number of hydrogen-bond acceptors (Lipinski definition) is 6. The fourth-order valence-corrected chi connectivity index (χ4v) is 4.18. The number of ether oxygens (including phenoxy) is 1. The number of rotatable bonds is 6. The van der Waals surface area contributed by atoms with Crippen LogP contribution in [-0.2, 0) is 21.4 Å². The standard InChI is InChI=1S/C24H22N4O4S/c1-15-22(24(31)28(27(15)3)17-9-5-4-6-10-17)26-23(30)16(2)32-21(29)14-13-20-25-18-11-7-8-12-19(18)33-20/h4-14,16H,1-3H3,(H,26,30)/b14-13+/t16-/m0/s1. The van der Waals surface area contributed by atoms with E-state index in [0.717, 1.165) is 10.2 Å². The molecule has 0 fully saturated rings. The number of carbonyl (C=O) groups excluding carboxylic acids is 2. The normalized spacial score (nSPS) is 12.2. The summed E-state index contributed by atoms with van der Waals surface area (Å²) in [4.78, 5) is 42.2. The van der Waals surface area contributed by atoms with Gasteiger partial charge in [-0.3, -0.25) is 14.3 Å². The second-order valence-corrected chi connectivity index (χ2v) is 8.42. The number of para-hydroxylation sites is 2. The first-order chi connectivity index (χ1) is 15.8. The summed E-state index contributed by atoms with van der Waals surface area (Å²) >= 11 is 1.45. The first kappa shape index (κ1) is 22.2. The van der Waals surface area contributed by atoms with Crippen LogP contribution in [0.3, 0.4) is 0 Å². The first-order valence-corrected chi connectivity index (χ1v) is 11.1.